The molecule has 9 aromatic carbocycles. The average Bonchev–Trinajstić information content (AvgIpc) is 3.82. The van der Waals surface area contributed by atoms with Gasteiger partial charge in [-0.2, -0.15) is 0 Å². The van der Waals surface area contributed by atoms with E-state index in [0.717, 1.165) is 38.8 Å². The van der Waals surface area contributed by atoms with Gasteiger partial charge in [-0.05, 0) is 80.8 Å². The first-order valence-corrected chi connectivity index (χ1v) is 19.7. The van der Waals surface area contributed by atoms with Gasteiger partial charge in [0.1, 0.15) is 0 Å². The Bertz CT molecular complexity index is 3510. The van der Waals surface area contributed by atoms with Gasteiger partial charge in [0.2, 0.25) is 0 Å². The van der Waals surface area contributed by atoms with Gasteiger partial charge in [0, 0.05) is 53.3 Å². The summed E-state index contributed by atoms with van der Waals surface area (Å²) in [6.07, 6.45) is 0. The Kier molecular flexibility index (Phi) is 6.76. The van der Waals surface area contributed by atoms with Crippen LogP contribution in [0.2, 0.25) is 0 Å². The standard InChI is InChI=1S/C51H30N4S/c1-2-13-31(14-3-1)49-52-50(54-51(53-49)42-22-12-21-41-40-20-9-11-24-47(40)56-48(41)42)32-25-28-46-44(29-32)39-19-8-10-23-45(39)55(46)33-26-27-38-36-17-5-4-15-34(36)35-16-6-7-18-37(35)43(38)30-33/h1-30H. The topological polar surface area (TPSA) is 43.6 Å². The molecule has 3 heterocycles. The summed E-state index contributed by atoms with van der Waals surface area (Å²) in [5.41, 5.74) is 6.32. The number of thiophene rings is 1. The van der Waals surface area contributed by atoms with E-state index in [9.17, 15) is 0 Å². The van der Waals surface area contributed by atoms with Crippen molar-refractivity contribution >= 4 is 85.6 Å². The molecule has 260 valence electrons. The molecule has 0 saturated carbocycles. The van der Waals surface area contributed by atoms with E-state index in [1.54, 1.807) is 11.3 Å². The summed E-state index contributed by atoms with van der Waals surface area (Å²) < 4.78 is 4.83. The minimum Gasteiger partial charge on any atom is -0.309 e. The summed E-state index contributed by atoms with van der Waals surface area (Å²) in [4.78, 5) is 15.5. The minimum absolute atomic E-state index is 0.648. The molecule has 4 nitrogen and oxygen atoms in total. The summed E-state index contributed by atoms with van der Waals surface area (Å²) >= 11 is 1.79. The van der Waals surface area contributed by atoms with Gasteiger partial charge >= 0.3 is 0 Å². The molecule has 12 aromatic rings. The summed E-state index contributed by atoms with van der Waals surface area (Å²) in [5, 5.41) is 12.4. The number of rotatable bonds is 4. The SMILES string of the molecule is c1ccc(-c2nc(-c3ccc4c(c3)c3ccccc3n4-c3ccc4c5ccccc5c5ccccc5c4c3)nc(-c3cccc4c3sc3ccccc34)n2)cc1. The Morgan fingerprint density at radius 2 is 0.911 bits per heavy atom. The van der Waals surface area contributed by atoms with E-state index in [-0.39, 0.29) is 0 Å². The molecular formula is C51H30N4S. The average molecular weight is 731 g/mol. The summed E-state index contributed by atoms with van der Waals surface area (Å²) in [6.45, 7) is 0. The fraction of sp³-hybridized carbons (Fsp3) is 0. The molecule has 0 spiro atoms. The molecule has 0 aliphatic rings. The number of benzene rings is 9. The fourth-order valence-electron chi connectivity index (χ4n) is 8.69. The molecule has 0 saturated heterocycles. The molecule has 0 fully saturated rings. The van der Waals surface area contributed by atoms with E-state index in [1.807, 2.05) is 18.2 Å². The molecule has 56 heavy (non-hydrogen) atoms. The largest absolute Gasteiger partial charge is 0.309 e. The second-order valence-electron chi connectivity index (χ2n) is 14.4. The third kappa shape index (κ3) is 4.68. The molecule has 3 aromatic heterocycles. The van der Waals surface area contributed by atoms with Crippen molar-refractivity contribution in [3.05, 3.63) is 182 Å². The first-order valence-electron chi connectivity index (χ1n) is 18.9. The van der Waals surface area contributed by atoms with Crippen molar-refractivity contribution < 1.29 is 0 Å². The zero-order valence-electron chi connectivity index (χ0n) is 30.0. The minimum atomic E-state index is 0.648. The van der Waals surface area contributed by atoms with Crippen LogP contribution in [0, 0.1) is 0 Å². The van der Waals surface area contributed by atoms with Crippen molar-refractivity contribution in [2.24, 2.45) is 0 Å². The Balaban J connectivity index is 1.07. The smallest absolute Gasteiger partial charge is 0.165 e. The molecule has 0 N–H and O–H groups in total. The van der Waals surface area contributed by atoms with Crippen LogP contribution < -0.4 is 0 Å². The van der Waals surface area contributed by atoms with Crippen LogP contribution in [-0.4, -0.2) is 19.5 Å². The third-order valence-electron chi connectivity index (χ3n) is 11.2. The van der Waals surface area contributed by atoms with Crippen LogP contribution >= 0.6 is 11.3 Å². The second-order valence-corrected chi connectivity index (χ2v) is 15.4. The lowest BCUT2D eigenvalue weighted by Gasteiger charge is -2.14. The van der Waals surface area contributed by atoms with E-state index in [4.69, 9.17) is 15.0 Å². The highest BCUT2D eigenvalue weighted by Gasteiger charge is 2.19. The first-order chi connectivity index (χ1) is 27.8. The van der Waals surface area contributed by atoms with Crippen LogP contribution in [0.25, 0.3) is 114 Å². The van der Waals surface area contributed by atoms with Crippen molar-refractivity contribution in [2.45, 2.75) is 0 Å². The van der Waals surface area contributed by atoms with Gasteiger partial charge in [-0.15, -0.1) is 11.3 Å². The Hall–Kier alpha value is -7.21. The number of nitrogens with zero attached hydrogens (tertiary/aromatic N) is 4. The Labute approximate surface area is 325 Å². The monoisotopic (exact) mass is 730 g/mol. The number of fused-ring (bicyclic) bond motifs is 12. The van der Waals surface area contributed by atoms with E-state index in [1.165, 1.54) is 57.9 Å². The first kappa shape index (κ1) is 31.2. The zero-order valence-corrected chi connectivity index (χ0v) is 30.8. The highest BCUT2D eigenvalue weighted by Crippen LogP contribution is 2.41. The van der Waals surface area contributed by atoms with E-state index >= 15 is 0 Å². The van der Waals surface area contributed by atoms with Gasteiger partial charge in [0.05, 0.1) is 11.0 Å². The van der Waals surface area contributed by atoms with Crippen molar-refractivity contribution in [3.8, 4) is 39.9 Å². The van der Waals surface area contributed by atoms with E-state index < -0.39 is 0 Å². The molecule has 0 radical (unpaired) electrons. The number of aromatic nitrogens is 4. The maximum atomic E-state index is 5.24. The Morgan fingerprint density at radius 3 is 1.68 bits per heavy atom. The molecule has 0 aliphatic carbocycles. The molecule has 5 heteroatoms. The van der Waals surface area contributed by atoms with Gasteiger partial charge in [-0.3, -0.25) is 0 Å². The Morgan fingerprint density at radius 1 is 0.339 bits per heavy atom. The maximum absolute atomic E-state index is 5.24. The van der Waals surface area contributed by atoms with Crippen molar-refractivity contribution in [1.29, 1.82) is 0 Å². The highest BCUT2D eigenvalue weighted by atomic mass is 32.1. The molecule has 0 bridgehead atoms. The molecule has 0 unspecified atom stereocenters. The summed E-state index contributed by atoms with van der Waals surface area (Å²) in [7, 11) is 0. The predicted octanol–water partition coefficient (Wildman–Crippen LogP) is 13.8. The van der Waals surface area contributed by atoms with Crippen LogP contribution in [0.15, 0.2) is 182 Å². The summed E-state index contributed by atoms with van der Waals surface area (Å²) in [5.74, 6) is 1.97. The fourth-order valence-corrected chi connectivity index (χ4v) is 9.90. The lowest BCUT2D eigenvalue weighted by atomic mass is 9.94. The van der Waals surface area contributed by atoms with Gasteiger partial charge in [-0.1, -0.05) is 133 Å². The van der Waals surface area contributed by atoms with Crippen molar-refractivity contribution in [2.75, 3.05) is 0 Å². The van der Waals surface area contributed by atoms with Crippen LogP contribution in [0.5, 0.6) is 0 Å². The molecule has 0 aliphatic heterocycles. The van der Waals surface area contributed by atoms with Crippen LogP contribution in [0.1, 0.15) is 0 Å². The van der Waals surface area contributed by atoms with Crippen molar-refractivity contribution in [1.82, 2.24) is 19.5 Å². The lowest BCUT2D eigenvalue weighted by molar-refractivity contribution is 1.08. The van der Waals surface area contributed by atoms with Gasteiger partial charge in [0.15, 0.2) is 17.5 Å². The van der Waals surface area contributed by atoms with Gasteiger partial charge in [0.25, 0.3) is 0 Å². The van der Waals surface area contributed by atoms with Gasteiger partial charge < -0.3 is 4.57 Å². The van der Waals surface area contributed by atoms with E-state index in [0.29, 0.717) is 17.5 Å². The highest BCUT2D eigenvalue weighted by molar-refractivity contribution is 7.26. The molecule has 0 amide bonds. The number of para-hydroxylation sites is 1. The van der Waals surface area contributed by atoms with Crippen LogP contribution in [0.4, 0.5) is 0 Å². The molecule has 0 atom stereocenters. The van der Waals surface area contributed by atoms with Crippen LogP contribution in [-0.2, 0) is 0 Å². The van der Waals surface area contributed by atoms with Gasteiger partial charge in [-0.25, -0.2) is 15.0 Å². The predicted molar refractivity (Wildman–Crippen MR) is 236 cm³/mol. The summed E-state index contributed by atoms with van der Waals surface area (Å²) in [6, 6.07) is 65.0. The lowest BCUT2D eigenvalue weighted by Crippen LogP contribution is -2.00. The molecular weight excluding hydrogens is 701 g/mol. The van der Waals surface area contributed by atoms with Crippen LogP contribution in [0.3, 0.4) is 0 Å². The second kappa shape index (κ2) is 12.2. The van der Waals surface area contributed by atoms with Crippen molar-refractivity contribution in [3.63, 3.8) is 0 Å². The molecule has 12 rings (SSSR count). The maximum Gasteiger partial charge on any atom is 0.165 e. The number of hydrogen-bond donors (Lipinski definition) is 0. The number of hydrogen-bond acceptors (Lipinski definition) is 4. The quantitative estimate of drug-likeness (QED) is 0.169. The third-order valence-corrected chi connectivity index (χ3v) is 12.4. The normalized spacial score (nSPS) is 11.9. The zero-order chi connectivity index (χ0) is 36.7. The van der Waals surface area contributed by atoms with E-state index in [2.05, 4.69) is 168 Å².